The van der Waals surface area contributed by atoms with Crippen molar-refractivity contribution in [3.05, 3.63) is 87.1 Å². The van der Waals surface area contributed by atoms with Crippen molar-refractivity contribution in [2.45, 2.75) is 64.5 Å². The van der Waals surface area contributed by atoms with Gasteiger partial charge in [0.15, 0.2) is 5.65 Å². The monoisotopic (exact) mass is 509 g/mol. The molecule has 1 saturated carbocycles. The zero-order valence-corrected chi connectivity index (χ0v) is 20.5. The average molecular weight is 510 g/mol. The van der Waals surface area contributed by atoms with E-state index in [1.807, 2.05) is 13.0 Å². The van der Waals surface area contributed by atoms with E-state index in [-0.39, 0.29) is 41.3 Å². The van der Waals surface area contributed by atoms with Crippen LogP contribution in [0.1, 0.15) is 65.6 Å². The molecule has 4 aromatic rings. The van der Waals surface area contributed by atoms with Gasteiger partial charge < -0.3 is 4.74 Å². The third-order valence-electron chi connectivity index (χ3n) is 7.03. The second-order valence-electron chi connectivity index (χ2n) is 9.42. The second-order valence-corrected chi connectivity index (χ2v) is 9.42. The molecule has 37 heavy (non-hydrogen) atoms. The predicted octanol–water partition coefficient (Wildman–Crippen LogP) is 5.43. The number of hydrogen-bond acceptors (Lipinski definition) is 6. The molecule has 1 aliphatic carbocycles. The van der Waals surface area contributed by atoms with Crippen LogP contribution in [0.3, 0.4) is 0 Å². The molecule has 7 nitrogen and oxygen atoms in total. The molecule has 3 aromatic heterocycles. The first-order chi connectivity index (χ1) is 17.8. The van der Waals surface area contributed by atoms with Gasteiger partial charge in [-0.2, -0.15) is 8.78 Å². The van der Waals surface area contributed by atoms with Crippen LogP contribution in [0, 0.1) is 19.7 Å². The van der Waals surface area contributed by atoms with Gasteiger partial charge in [0, 0.05) is 24.2 Å². The quantitative estimate of drug-likeness (QED) is 0.345. The van der Waals surface area contributed by atoms with Crippen molar-refractivity contribution in [2.75, 3.05) is 0 Å². The Morgan fingerprint density at radius 1 is 1.05 bits per heavy atom. The fourth-order valence-electron chi connectivity index (χ4n) is 5.32. The molecule has 0 unspecified atom stereocenters. The van der Waals surface area contributed by atoms with E-state index in [1.165, 1.54) is 23.0 Å². The summed E-state index contributed by atoms with van der Waals surface area (Å²) in [5, 5.41) is 0. The number of benzene rings is 1. The summed E-state index contributed by atoms with van der Waals surface area (Å²) in [7, 11) is 0. The zero-order valence-electron chi connectivity index (χ0n) is 20.5. The van der Waals surface area contributed by atoms with Gasteiger partial charge in [0.05, 0.1) is 12.2 Å². The summed E-state index contributed by atoms with van der Waals surface area (Å²) in [6.07, 6.45) is 7.14. The van der Waals surface area contributed by atoms with Crippen LogP contribution in [0.25, 0.3) is 11.2 Å². The van der Waals surface area contributed by atoms with Crippen molar-refractivity contribution in [2.24, 2.45) is 0 Å². The Balaban J connectivity index is 1.51. The smallest absolute Gasteiger partial charge is 0.388 e. The molecule has 192 valence electrons. The molecule has 10 heteroatoms. The van der Waals surface area contributed by atoms with Crippen LogP contribution >= 0.6 is 0 Å². The Bertz CT molecular complexity index is 1480. The van der Waals surface area contributed by atoms with Crippen molar-refractivity contribution in [1.82, 2.24) is 24.5 Å². The van der Waals surface area contributed by atoms with Crippen molar-refractivity contribution >= 4 is 11.2 Å². The van der Waals surface area contributed by atoms with Crippen LogP contribution in [0.15, 0.2) is 47.7 Å². The Morgan fingerprint density at radius 2 is 1.78 bits per heavy atom. The number of pyridine rings is 1. The van der Waals surface area contributed by atoms with Gasteiger partial charge in [0.1, 0.15) is 17.0 Å². The number of alkyl halides is 2. The lowest BCUT2D eigenvalue weighted by Gasteiger charge is -2.30. The van der Waals surface area contributed by atoms with Crippen LogP contribution < -0.4 is 10.3 Å². The maximum atomic E-state index is 14.6. The van der Waals surface area contributed by atoms with Crippen LogP contribution in [0.5, 0.6) is 5.88 Å². The van der Waals surface area contributed by atoms with Gasteiger partial charge in [-0.05, 0) is 74.6 Å². The van der Waals surface area contributed by atoms with E-state index in [1.54, 1.807) is 25.3 Å². The molecule has 0 bridgehead atoms. The summed E-state index contributed by atoms with van der Waals surface area (Å²) in [4.78, 5) is 30.8. The van der Waals surface area contributed by atoms with Crippen molar-refractivity contribution < 1.29 is 17.9 Å². The first-order valence-electron chi connectivity index (χ1n) is 12.2. The van der Waals surface area contributed by atoms with Crippen molar-refractivity contribution in [1.29, 1.82) is 0 Å². The Morgan fingerprint density at radius 3 is 2.51 bits per heavy atom. The average Bonchev–Trinajstić information content (AvgIpc) is 2.87. The minimum atomic E-state index is -3.08. The summed E-state index contributed by atoms with van der Waals surface area (Å²) in [5.41, 5.74) is 3.54. The fraction of sp³-hybridized carbons (Fsp3) is 0.370. The Kier molecular flexibility index (Phi) is 6.90. The number of nitrogens with zero attached hydrogens (tertiary/aromatic N) is 5. The molecule has 0 spiro atoms. The molecule has 5 rings (SSSR count). The van der Waals surface area contributed by atoms with Crippen LogP contribution in [0.4, 0.5) is 13.2 Å². The van der Waals surface area contributed by atoms with E-state index in [9.17, 15) is 18.0 Å². The normalized spacial score (nSPS) is 17.9. The standard InChI is InChI=1S/C27H26F3N5O2/c1-15-4-3-5-20(28)23(15)18-8-6-17(7-9-18)19-12-21-24(34-16(2)13-33-21)35(26(19)36)14-22-25(37-27(29)30)32-11-10-31-22/h3-5,10-13,17-18,27H,6-9,14H2,1-2H3. The minimum Gasteiger partial charge on any atom is -0.415 e. The molecule has 0 N–H and O–H groups in total. The Hall–Kier alpha value is -3.82. The number of hydrogen-bond donors (Lipinski definition) is 0. The zero-order chi connectivity index (χ0) is 26.1. The third-order valence-corrected chi connectivity index (χ3v) is 7.03. The molecule has 1 fully saturated rings. The summed E-state index contributed by atoms with van der Waals surface area (Å²) in [6.45, 7) is 0.451. The predicted molar refractivity (Wildman–Crippen MR) is 131 cm³/mol. The third kappa shape index (κ3) is 5.05. The van der Waals surface area contributed by atoms with Gasteiger partial charge in [-0.25, -0.2) is 14.4 Å². The molecule has 0 amide bonds. The number of rotatable bonds is 6. The largest absolute Gasteiger partial charge is 0.415 e. The van der Waals surface area contributed by atoms with Crippen LogP contribution in [-0.4, -0.2) is 31.1 Å². The lowest BCUT2D eigenvalue weighted by atomic mass is 9.75. The highest BCUT2D eigenvalue weighted by Gasteiger charge is 2.29. The highest BCUT2D eigenvalue weighted by Crippen LogP contribution is 2.41. The van der Waals surface area contributed by atoms with Gasteiger partial charge in [-0.15, -0.1) is 0 Å². The Labute approximate surface area is 211 Å². The van der Waals surface area contributed by atoms with Gasteiger partial charge >= 0.3 is 6.61 Å². The maximum absolute atomic E-state index is 14.6. The lowest BCUT2D eigenvalue weighted by molar-refractivity contribution is -0.0538. The number of aromatic nitrogens is 5. The van der Waals surface area contributed by atoms with E-state index in [4.69, 9.17) is 0 Å². The van der Waals surface area contributed by atoms with Crippen LogP contribution in [0.2, 0.25) is 0 Å². The highest BCUT2D eigenvalue weighted by molar-refractivity contribution is 5.71. The molecule has 0 saturated heterocycles. The summed E-state index contributed by atoms with van der Waals surface area (Å²) in [5.74, 6) is -0.485. The van der Waals surface area contributed by atoms with E-state index in [0.717, 1.165) is 24.0 Å². The van der Waals surface area contributed by atoms with E-state index in [2.05, 4.69) is 24.7 Å². The minimum absolute atomic E-state index is 0.0479. The van der Waals surface area contributed by atoms with E-state index >= 15 is 0 Å². The first-order valence-corrected chi connectivity index (χ1v) is 12.2. The van der Waals surface area contributed by atoms with Crippen molar-refractivity contribution in [3.8, 4) is 5.88 Å². The van der Waals surface area contributed by atoms with E-state index < -0.39 is 6.61 Å². The van der Waals surface area contributed by atoms with Crippen LogP contribution in [-0.2, 0) is 6.54 Å². The summed E-state index contributed by atoms with van der Waals surface area (Å²) < 4.78 is 46.4. The van der Waals surface area contributed by atoms with Gasteiger partial charge in [-0.1, -0.05) is 12.1 Å². The molecular weight excluding hydrogens is 483 g/mol. The molecule has 0 radical (unpaired) electrons. The topological polar surface area (TPSA) is 82.8 Å². The summed E-state index contributed by atoms with van der Waals surface area (Å²) in [6, 6.07) is 6.91. The first kappa shape index (κ1) is 24.9. The molecule has 3 heterocycles. The number of fused-ring (bicyclic) bond motifs is 1. The molecular formula is C27H26F3N5O2. The molecule has 1 aromatic carbocycles. The fourth-order valence-corrected chi connectivity index (χ4v) is 5.32. The van der Waals surface area contributed by atoms with Gasteiger partial charge in [-0.3, -0.25) is 19.3 Å². The van der Waals surface area contributed by atoms with E-state index in [0.29, 0.717) is 35.3 Å². The molecule has 0 atom stereocenters. The lowest BCUT2D eigenvalue weighted by Crippen LogP contribution is -2.29. The number of ether oxygens (including phenoxy) is 1. The maximum Gasteiger partial charge on any atom is 0.388 e. The number of aryl methyl sites for hydroxylation is 2. The highest BCUT2D eigenvalue weighted by atomic mass is 19.3. The van der Waals surface area contributed by atoms with Gasteiger partial charge in [0.2, 0.25) is 5.88 Å². The SMILES string of the molecule is Cc1cnc2cc(C3CCC(c4c(C)cccc4F)CC3)c(=O)n(Cc3nccnc3OC(F)F)c2n1. The molecule has 1 aliphatic rings. The summed E-state index contributed by atoms with van der Waals surface area (Å²) >= 11 is 0. The van der Waals surface area contributed by atoms with Crippen molar-refractivity contribution in [3.63, 3.8) is 0 Å². The molecule has 0 aliphatic heterocycles. The second kappa shape index (κ2) is 10.3. The van der Waals surface area contributed by atoms with Gasteiger partial charge in [0.25, 0.3) is 5.56 Å². The number of halogens is 3.